The molecular formula is C19H16Cl2N8O. The van der Waals surface area contributed by atoms with Crippen LogP contribution in [0.1, 0.15) is 18.8 Å². The van der Waals surface area contributed by atoms with Crippen molar-refractivity contribution in [3.05, 3.63) is 68.9 Å². The molecule has 0 fully saturated rings. The second kappa shape index (κ2) is 7.77. The quantitative estimate of drug-likeness (QED) is 0.437. The number of benzene rings is 1. The SMILES string of the molecule is C[C@H](Nc1nc(N)nc(N)c1Cl)c1nc2cccc(Cl)c2c(=O)n1-c1cccnc1. The van der Waals surface area contributed by atoms with Crippen LogP contribution in [0.25, 0.3) is 16.6 Å². The van der Waals surface area contributed by atoms with E-state index >= 15 is 0 Å². The fourth-order valence-electron chi connectivity index (χ4n) is 3.08. The van der Waals surface area contributed by atoms with Crippen LogP contribution in [0.4, 0.5) is 17.6 Å². The molecule has 3 heterocycles. The van der Waals surface area contributed by atoms with Crippen molar-refractivity contribution in [2.24, 2.45) is 0 Å². The zero-order chi connectivity index (χ0) is 21.4. The third-order valence-electron chi connectivity index (χ3n) is 4.41. The Bertz CT molecular complexity index is 1310. The monoisotopic (exact) mass is 442 g/mol. The number of nitrogens with two attached hydrogens (primary N) is 2. The molecule has 0 amide bonds. The number of rotatable bonds is 4. The van der Waals surface area contributed by atoms with Crippen LogP contribution in [0.5, 0.6) is 0 Å². The maximum absolute atomic E-state index is 13.4. The zero-order valence-corrected chi connectivity index (χ0v) is 17.2. The fourth-order valence-corrected chi connectivity index (χ4v) is 3.47. The summed E-state index contributed by atoms with van der Waals surface area (Å²) in [5, 5.41) is 3.85. The van der Waals surface area contributed by atoms with Crippen molar-refractivity contribution in [2.45, 2.75) is 13.0 Å². The number of anilines is 3. The second-order valence-corrected chi connectivity index (χ2v) is 7.24. The van der Waals surface area contributed by atoms with E-state index in [0.717, 1.165) is 0 Å². The first-order chi connectivity index (χ1) is 14.4. The van der Waals surface area contributed by atoms with E-state index in [-0.39, 0.29) is 28.2 Å². The van der Waals surface area contributed by atoms with Crippen LogP contribution in [0, 0.1) is 0 Å². The number of nitrogens with zero attached hydrogens (tertiary/aromatic N) is 5. The van der Waals surface area contributed by atoms with E-state index in [1.165, 1.54) is 4.57 Å². The number of halogens is 2. The minimum absolute atomic E-state index is 0.0329. The van der Waals surface area contributed by atoms with Crippen molar-refractivity contribution in [3.63, 3.8) is 0 Å². The highest BCUT2D eigenvalue weighted by Gasteiger charge is 2.21. The Labute approximate surface area is 180 Å². The molecule has 3 aromatic heterocycles. The van der Waals surface area contributed by atoms with Gasteiger partial charge < -0.3 is 16.8 Å². The van der Waals surface area contributed by atoms with Gasteiger partial charge in [0.05, 0.1) is 33.9 Å². The highest BCUT2D eigenvalue weighted by molar-refractivity contribution is 6.35. The summed E-state index contributed by atoms with van der Waals surface area (Å²) in [4.78, 5) is 30.1. The Balaban J connectivity index is 1.93. The van der Waals surface area contributed by atoms with Gasteiger partial charge in [0.2, 0.25) is 5.95 Å². The van der Waals surface area contributed by atoms with Gasteiger partial charge in [0.1, 0.15) is 16.7 Å². The highest BCUT2D eigenvalue weighted by atomic mass is 35.5. The topological polar surface area (TPSA) is 138 Å². The van der Waals surface area contributed by atoms with Crippen molar-refractivity contribution in [1.82, 2.24) is 24.5 Å². The summed E-state index contributed by atoms with van der Waals surface area (Å²) in [6.45, 7) is 1.80. The number of nitrogens with one attached hydrogen (secondary N) is 1. The first kappa shape index (κ1) is 19.9. The van der Waals surface area contributed by atoms with Gasteiger partial charge >= 0.3 is 0 Å². The number of hydrogen-bond donors (Lipinski definition) is 3. The normalized spacial score (nSPS) is 12.1. The van der Waals surface area contributed by atoms with E-state index in [4.69, 9.17) is 34.7 Å². The van der Waals surface area contributed by atoms with E-state index in [1.54, 1.807) is 49.6 Å². The van der Waals surface area contributed by atoms with Crippen molar-refractivity contribution < 1.29 is 0 Å². The molecule has 0 bridgehead atoms. The van der Waals surface area contributed by atoms with Gasteiger partial charge in [-0.1, -0.05) is 29.3 Å². The number of fused-ring (bicyclic) bond motifs is 1. The molecule has 4 rings (SSSR count). The molecule has 30 heavy (non-hydrogen) atoms. The van der Waals surface area contributed by atoms with Crippen LogP contribution >= 0.6 is 23.2 Å². The van der Waals surface area contributed by atoms with Gasteiger partial charge in [-0.25, -0.2) is 4.98 Å². The standard InChI is InChI=1S/C19H16Cl2N8O/c1-9(25-16-14(21)15(22)27-19(23)28-16)17-26-12-6-2-5-11(20)13(12)18(30)29(17)10-4-3-7-24-8-10/h2-9H,1H3,(H5,22,23,25,27,28)/t9-/m0/s1. The van der Waals surface area contributed by atoms with E-state index in [1.807, 2.05) is 0 Å². The third kappa shape index (κ3) is 3.49. The molecule has 0 saturated heterocycles. The zero-order valence-electron chi connectivity index (χ0n) is 15.7. The third-order valence-corrected chi connectivity index (χ3v) is 5.10. The minimum atomic E-state index is -0.521. The lowest BCUT2D eigenvalue weighted by molar-refractivity contribution is 0.730. The van der Waals surface area contributed by atoms with E-state index < -0.39 is 6.04 Å². The molecule has 0 saturated carbocycles. The van der Waals surface area contributed by atoms with Crippen molar-refractivity contribution >= 4 is 51.7 Å². The van der Waals surface area contributed by atoms with Crippen LogP contribution in [-0.2, 0) is 0 Å². The molecule has 0 aliphatic carbocycles. The number of hydrogen-bond acceptors (Lipinski definition) is 8. The van der Waals surface area contributed by atoms with Gasteiger partial charge in [-0.3, -0.25) is 14.3 Å². The van der Waals surface area contributed by atoms with Crippen molar-refractivity contribution in [3.8, 4) is 5.69 Å². The average molecular weight is 443 g/mol. The summed E-state index contributed by atoms with van der Waals surface area (Å²) < 4.78 is 1.45. The predicted octanol–water partition coefficient (Wildman–Crippen LogP) is 3.22. The van der Waals surface area contributed by atoms with Crippen LogP contribution in [0.3, 0.4) is 0 Å². The molecule has 152 valence electrons. The van der Waals surface area contributed by atoms with Gasteiger partial charge in [-0.05, 0) is 31.2 Å². The van der Waals surface area contributed by atoms with Gasteiger partial charge in [-0.15, -0.1) is 0 Å². The largest absolute Gasteiger partial charge is 0.382 e. The molecule has 11 heteroatoms. The van der Waals surface area contributed by atoms with Gasteiger partial charge in [0, 0.05) is 6.20 Å². The van der Waals surface area contributed by atoms with Crippen LogP contribution < -0.4 is 22.3 Å². The molecule has 0 unspecified atom stereocenters. The fraction of sp³-hybridized carbons (Fsp3) is 0.105. The molecule has 0 aliphatic heterocycles. The molecular weight excluding hydrogens is 427 g/mol. The van der Waals surface area contributed by atoms with Crippen LogP contribution in [0.15, 0.2) is 47.5 Å². The maximum Gasteiger partial charge on any atom is 0.267 e. The molecule has 0 radical (unpaired) electrons. The lowest BCUT2D eigenvalue weighted by atomic mass is 10.2. The summed E-state index contributed by atoms with van der Waals surface area (Å²) in [6.07, 6.45) is 3.18. The minimum Gasteiger partial charge on any atom is -0.382 e. The van der Waals surface area contributed by atoms with Crippen molar-refractivity contribution in [2.75, 3.05) is 16.8 Å². The second-order valence-electron chi connectivity index (χ2n) is 6.45. The lowest BCUT2D eigenvalue weighted by Gasteiger charge is -2.20. The first-order valence-electron chi connectivity index (χ1n) is 8.83. The van der Waals surface area contributed by atoms with Crippen LogP contribution in [-0.4, -0.2) is 24.5 Å². The Morgan fingerprint density at radius 2 is 1.90 bits per heavy atom. The number of nitrogen functional groups attached to an aromatic ring is 2. The summed E-state index contributed by atoms with van der Waals surface area (Å²) in [7, 11) is 0. The summed E-state index contributed by atoms with van der Waals surface area (Å²) in [5.74, 6) is 0.637. The Morgan fingerprint density at radius 3 is 2.63 bits per heavy atom. The lowest BCUT2D eigenvalue weighted by Crippen LogP contribution is -2.27. The molecule has 5 N–H and O–H groups in total. The summed E-state index contributed by atoms with van der Waals surface area (Å²) in [6, 6.07) is 8.06. The van der Waals surface area contributed by atoms with E-state index in [9.17, 15) is 4.79 Å². The Kier molecular flexibility index (Phi) is 5.15. The summed E-state index contributed by atoms with van der Waals surface area (Å²) in [5.41, 5.74) is 12.1. The molecule has 0 spiro atoms. The Hall–Kier alpha value is -3.43. The van der Waals surface area contributed by atoms with Crippen molar-refractivity contribution in [1.29, 1.82) is 0 Å². The van der Waals surface area contributed by atoms with E-state index in [2.05, 4.69) is 25.3 Å². The highest BCUT2D eigenvalue weighted by Crippen LogP contribution is 2.29. The molecule has 4 aromatic rings. The number of aromatic nitrogens is 5. The van der Waals surface area contributed by atoms with Gasteiger partial charge in [-0.2, -0.15) is 9.97 Å². The van der Waals surface area contributed by atoms with Gasteiger partial charge in [0.15, 0.2) is 5.82 Å². The number of pyridine rings is 1. The predicted molar refractivity (Wildman–Crippen MR) is 118 cm³/mol. The van der Waals surface area contributed by atoms with Gasteiger partial charge in [0.25, 0.3) is 5.56 Å². The smallest absolute Gasteiger partial charge is 0.267 e. The Morgan fingerprint density at radius 1 is 1.10 bits per heavy atom. The maximum atomic E-state index is 13.4. The van der Waals surface area contributed by atoms with Crippen LogP contribution in [0.2, 0.25) is 10.0 Å². The molecule has 1 aromatic carbocycles. The molecule has 1 atom stereocenters. The molecule has 0 aliphatic rings. The average Bonchev–Trinajstić information content (AvgIpc) is 2.72. The molecule has 9 nitrogen and oxygen atoms in total. The first-order valence-corrected chi connectivity index (χ1v) is 9.59. The van der Waals surface area contributed by atoms with E-state index in [0.29, 0.717) is 27.4 Å². The summed E-state index contributed by atoms with van der Waals surface area (Å²) >= 11 is 12.5.